The minimum atomic E-state index is -0.208. The molecule has 2 aromatic carbocycles. The van der Waals surface area contributed by atoms with Gasteiger partial charge in [0.15, 0.2) is 0 Å². The monoisotopic (exact) mass is 460 g/mol. The number of carbonyl (C=O) groups is 1. The van der Waals surface area contributed by atoms with Gasteiger partial charge in [0.2, 0.25) is 0 Å². The van der Waals surface area contributed by atoms with Crippen LogP contribution in [0.4, 0.5) is 11.5 Å². The van der Waals surface area contributed by atoms with E-state index in [1.807, 2.05) is 48.5 Å². The van der Waals surface area contributed by atoms with Crippen LogP contribution in [0.15, 0.2) is 54.6 Å². The predicted octanol–water partition coefficient (Wildman–Crippen LogP) is 4.19. The van der Waals surface area contributed by atoms with Gasteiger partial charge in [-0.3, -0.25) is 9.69 Å². The molecule has 1 amide bonds. The zero-order valence-electron chi connectivity index (χ0n) is 19.7. The van der Waals surface area contributed by atoms with Crippen LogP contribution >= 0.6 is 0 Å². The van der Waals surface area contributed by atoms with Gasteiger partial charge in [-0.2, -0.15) is 0 Å². The number of amides is 1. The number of morpholine rings is 1. The summed E-state index contributed by atoms with van der Waals surface area (Å²) in [6.45, 7) is 8.13. The minimum absolute atomic E-state index is 0.208. The minimum Gasteiger partial charge on any atom is -0.492 e. The van der Waals surface area contributed by atoms with E-state index in [-0.39, 0.29) is 5.91 Å². The first-order chi connectivity index (χ1) is 16.7. The SMILES string of the molecule is CC1CCCN1c1cccc(C(=O)Nc2ccc(OCCN3CCOCC3)c3ccccc23)n1. The molecule has 7 heteroatoms. The Kier molecular flexibility index (Phi) is 6.92. The second kappa shape index (κ2) is 10.4. The number of hydrogen-bond donors (Lipinski definition) is 1. The van der Waals surface area contributed by atoms with Crippen LogP contribution in [0.2, 0.25) is 0 Å². The molecule has 2 aliphatic rings. The van der Waals surface area contributed by atoms with Crippen molar-refractivity contribution in [3.63, 3.8) is 0 Å². The van der Waals surface area contributed by atoms with E-state index in [9.17, 15) is 4.79 Å². The van der Waals surface area contributed by atoms with Crippen LogP contribution in [0, 0.1) is 0 Å². The Bertz CT molecular complexity index is 1150. The highest BCUT2D eigenvalue weighted by molar-refractivity contribution is 6.09. The molecule has 3 heterocycles. The maximum atomic E-state index is 13.1. The lowest BCUT2D eigenvalue weighted by Crippen LogP contribution is -2.38. The Labute approximate surface area is 200 Å². The number of nitrogens with zero attached hydrogens (tertiary/aromatic N) is 3. The second-order valence-corrected chi connectivity index (χ2v) is 8.98. The summed E-state index contributed by atoms with van der Waals surface area (Å²) < 4.78 is 11.5. The molecular weight excluding hydrogens is 428 g/mol. The summed E-state index contributed by atoms with van der Waals surface area (Å²) in [4.78, 5) is 22.4. The third-order valence-corrected chi connectivity index (χ3v) is 6.72. The molecule has 1 aromatic heterocycles. The van der Waals surface area contributed by atoms with E-state index in [2.05, 4.69) is 27.0 Å². The lowest BCUT2D eigenvalue weighted by molar-refractivity contribution is 0.0323. The zero-order valence-corrected chi connectivity index (χ0v) is 19.7. The summed E-state index contributed by atoms with van der Waals surface area (Å²) in [5, 5.41) is 5.00. The van der Waals surface area contributed by atoms with Crippen molar-refractivity contribution >= 4 is 28.2 Å². The number of ether oxygens (including phenoxy) is 2. The van der Waals surface area contributed by atoms with Gasteiger partial charge in [0.05, 0.1) is 13.2 Å². The van der Waals surface area contributed by atoms with Crippen molar-refractivity contribution in [2.24, 2.45) is 0 Å². The van der Waals surface area contributed by atoms with Gasteiger partial charge in [-0.1, -0.05) is 30.3 Å². The number of anilines is 2. The van der Waals surface area contributed by atoms with Crippen molar-refractivity contribution in [2.75, 3.05) is 56.2 Å². The molecule has 2 aliphatic heterocycles. The maximum Gasteiger partial charge on any atom is 0.274 e. The zero-order chi connectivity index (χ0) is 23.3. The Hall–Kier alpha value is -3.16. The van der Waals surface area contributed by atoms with Gasteiger partial charge in [0.1, 0.15) is 23.9 Å². The summed E-state index contributed by atoms with van der Waals surface area (Å²) in [5.74, 6) is 1.48. The number of benzene rings is 2. The van der Waals surface area contributed by atoms with Gasteiger partial charge in [-0.15, -0.1) is 0 Å². The molecule has 7 nitrogen and oxygen atoms in total. The summed E-state index contributed by atoms with van der Waals surface area (Å²) >= 11 is 0. The lowest BCUT2D eigenvalue weighted by Gasteiger charge is -2.26. The molecule has 0 radical (unpaired) electrons. The molecule has 0 aliphatic carbocycles. The van der Waals surface area contributed by atoms with Crippen LogP contribution < -0.4 is 15.0 Å². The Morgan fingerprint density at radius 3 is 2.68 bits per heavy atom. The van der Waals surface area contributed by atoms with Gasteiger partial charge < -0.3 is 19.7 Å². The van der Waals surface area contributed by atoms with E-state index in [0.29, 0.717) is 18.3 Å². The van der Waals surface area contributed by atoms with Crippen LogP contribution in [0.3, 0.4) is 0 Å². The Balaban J connectivity index is 1.30. The molecular formula is C27H32N4O3. The van der Waals surface area contributed by atoms with Crippen LogP contribution in [0.25, 0.3) is 10.8 Å². The molecule has 1 atom stereocenters. The predicted molar refractivity (Wildman–Crippen MR) is 135 cm³/mol. The van der Waals surface area contributed by atoms with E-state index in [0.717, 1.165) is 80.3 Å². The number of nitrogens with one attached hydrogen (secondary N) is 1. The summed E-state index contributed by atoms with van der Waals surface area (Å²) in [5.41, 5.74) is 1.18. The fourth-order valence-corrected chi connectivity index (χ4v) is 4.79. The first kappa shape index (κ1) is 22.6. The van der Waals surface area contributed by atoms with Crippen molar-refractivity contribution in [1.29, 1.82) is 0 Å². The molecule has 2 saturated heterocycles. The quantitative estimate of drug-likeness (QED) is 0.570. The van der Waals surface area contributed by atoms with Crippen molar-refractivity contribution < 1.29 is 14.3 Å². The summed E-state index contributed by atoms with van der Waals surface area (Å²) in [6, 6.07) is 18.0. The van der Waals surface area contributed by atoms with Gasteiger partial charge in [-0.25, -0.2) is 4.98 Å². The van der Waals surface area contributed by atoms with Crippen molar-refractivity contribution in [3.05, 3.63) is 60.3 Å². The van der Waals surface area contributed by atoms with Gasteiger partial charge in [-0.05, 0) is 44.0 Å². The molecule has 0 spiro atoms. The summed E-state index contributed by atoms with van der Waals surface area (Å²) in [7, 11) is 0. The van der Waals surface area contributed by atoms with Crippen molar-refractivity contribution in [2.45, 2.75) is 25.8 Å². The third kappa shape index (κ3) is 5.00. The molecule has 1 N–H and O–H groups in total. The fraction of sp³-hybridized carbons (Fsp3) is 0.407. The summed E-state index contributed by atoms with van der Waals surface area (Å²) in [6.07, 6.45) is 2.32. The topological polar surface area (TPSA) is 66.9 Å². The van der Waals surface area contributed by atoms with E-state index in [4.69, 9.17) is 9.47 Å². The van der Waals surface area contributed by atoms with Gasteiger partial charge >= 0.3 is 0 Å². The highest BCUT2D eigenvalue weighted by Gasteiger charge is 2.22. The first-order valence-electron chi connectivity index (χ1n) is 12.2. The van der Waals surface area contributed by atoms with Gasteiger partial charge in [0.25, 0.3) is 5.91 Å². The number of carbonyl (C=O) groups excluding carboxylic acids is 1. The average Bonchev–Trinajstić information content (AvgIpc) is 3.32. The van der Waals surface area contributed by atoms with Crippen LogP contribution in [-0.2, 0) is 4.74 Å². The molecule has 5 rings (SSSR count). The van der Waals surface area contributed by atoms with E-state index in [1.54, 1.807) is 6.07 Å². The van der Waals surface area contributed by atoms with Crippen LogP contribution in [-0.4, -0.2) is 67.8 Å². The normalized spacial score (nSPS) is 18.9. The molecule has 0 bridgehead atoms. The molecule has 34 heavy (non-hydrogen) atoms. The largest absolute Gasteiger partial charge is 0.492 e. The third-order valence-electron chi connectivity index (χ3n) is 6.72. The average molecular weight is 461 g/mol. The second-order valence-electron chi connectivity index (χ2n) is 8.98. The molecule has 1 unspecified atom stereocenters. The maximum absolute atomic E-state index is 13.1. The number of rotatable bonds is 7. The Morgan fingerprint density at radius 2 is 1.88 bits per heavy atom. The highest BCUT2D eigenvalue weighted by atomic mass is 16.5. The van der Waals surface area contributed by atoms with E-state index in [1.165, 1.54) is 0 Å². The van der Waals surface area contributed by atoms with Crippen LogP contribution in [0.5, 0.6) is 5.75 Å². The highest BCUT2D eigenvalue weighted by Crippen LogP contribution is 2.32. The lowest BCUT2D eigenvalue weighted by atomic mass is 10.1. The number of hydrogen-bond acceptors (Lipinski definition) is 6. The number of fused-ring (bicyclic) bond motifs is 1. The Morgan fingerprint density at radius 1 is 1.06 bits per heavy atom. The van der Waals surface area contributed by atoms with Gasteiger partial charge in [0, 0.05) is 48.7 Å². The molecule has 178 valence electrons. The molecule has 0 saturated carbocycles. The molecule has 2 fully saturated rings. The first-order valence-corrected chi connectivity index (χ1v) is 12.2. The van der Waals surface area contributed by atoms with E-state index < -0.39 is 0 Å². The van der Waals surface area contributed by atoms with E-state index >= 15 is 0 Å². The standard InChI is InChI=1S/C27H32N4O3/c1-20-6-5-13-31(20)26-10-4-9-24(28-26)27(32)29-23-11-12-25(22-8-3-2-7-21(22)23)34-19-16-30-14-17-33-18-15-30/h2-4,7-12,20H,5-6,13-19H2,1H3,(H,29,32). The van der Waals surface area contributed by atoms with Crippen LogP contribution in [0.1, 0.15) is 30.3 Å². The van der Waals surface area contributed by atoms with Crippen molar-refractivity contribution in [3.8, 4) is 5.75 Å². The molecule has 3 aromatic rings. The number of pyridine rings is 1. The smallest absolute Gasteiger partial charge is 0.274 e. The van der Waals surface area contributed by atoms with Crippen molar-refractivity contribution in [1.82, 2.24) is 9.88 Å². The fourth-order valence-electron chi connectivity index (χ4n) is 4.79. The number of aromatic nitrogens is 1.